The second kappa shape index (κ2) is 11.8. The van der Waals surface area contributed by atoms with E-state index in [0.717, 1.165) is 55.1 Å². The number of ether oxygens (including phenoxy) is 2. The minimum atomic E-state index is 0. The molecule has 3 rings (SSSR count). The minimum Gasteiger partial charge on any atom is -0.496 e. The Morgan fingerprint density at radius 2 is 2.10 bits per heavy atom. The van der Waals surface area contributed by atoms with E-state index in [1.54, 1.807) is 14.2 Å². The highest BCUT2D eigenvalue weighted by Gasteiger charge is 2.28. The van der Waals surface area contributed by atoms with Gasteiger partial charge in [-0.2, -0.15) is 0 Å². The molecule has 0 bridgehead atoms. The summed E-state index contributed by atoms with van der Waals surface area (Å²) >= 11 is 0. The molecule has 1 aliphatic carbocycles. The molecule has 0 spiro atoms. The first kappa shape index (κ1) is 25.5. The van der Waals surface area contributed by atoms with Gasteiger partial charge in [-0.1, -0.05) is 6.42 Å². The van der Waals surface area contributed by atoms with E-state index >= 15 is 0 Å². The molecule has 3 atom stereocenters. The number of guanidine groups is 1. The summed E-state index contributed by atoms with van der Waals surface area (Å²) in [7, 11) is 3.47. The summed E-state index contributed by atoms with van der Waals surface area (Å²) in [6.45, 7) is 6.66. The minimum absolute atomic E-state index is 0. The van der Waals surface area contributed by atoms with Crippen molar-refractivity contribution in [3.05, 3.63) is 23.3 Å². The highest BCUT2D eigenvalue weighted by Crippen LogP contribution is 2.35. The van der Waals surface area contributed by atoms with Gasteiger partial charge < -0.3 is 25.4 Å². The van der Waals surface area contributed by atoms with E-state index in [1.807, 2.05) is 13.8 Å². The van der Waals surface area contributed by atoms with Gasteiger partial charge in [0.05, 0.1) is 7.11 Å². The van der Waals surface area contributed by atoms with Crippen LogP contribution in [-0.4, -0.2) is 44.2 Å². The summed E-state index contributed by atoms with van der Waals surface area (Å²) in [4.78, 5) is 16.8. The molecule has 1 aromatic rings. The molecule has 0 aromatic heterocycles. The SMILES string of the molecule is CN=C(NCc1cc2c(cc1OC)CC(C)O2)NC1CCCC(C(=O)NC(C)C)C1.I. The van der Waals surface area contributed by atoms with E-state index in [-0.39, 0.29) is 54.0 Å². The number of carbonyl (C=O) groups excluding carboxylic acids is 1. The van der Waals surface area contributed by atoms with E-state index in [0.29, 0.717) is 6.54 Å². The number of halogens is 1. The third-order valence-electron chi connectivity index (χ3n) is 5.79. The molecule has 1 heterocycles. The monoisotopic (exact) mass is 544 g/mol. The number of aliphatic imine (C=N–C) groups is 1. The highest BCUT2D eigenvalue weighted by atomic mass is 127. The fraction of sp³-hybridized carbons (Fsp3) is 0.652. The topological polar surface area (TPSA) is 84.0 Å². The number of nitrogens with zero attached hydrogens (tertiary/aromatic N) is 1. The van der Waals surface area contributed by atoms with Gasteiger partial charge >= 0.3 is 0 Å². The fourth-order valence-electron chi connectivity index (χ4n) is 4.34. The average molecular weight is 544 g/mol. The Hall–Kier alpha value is -1.71. The number of hydrogen-bond acceptors (Lipinski definition) is 4. The number of benzene rings is 1. The molecule has 1 fully saturated rings. The molecular weight excluding hydrogens is 507 g/mol. The molecule has 174 valence electrons. The predicted octanol–water partition coefficient (Wildman–Crippen LogP) is 3.39. The molecule has 3 unspecified atom stereocenters. The van der Waals surface area contributed by atoms with Gasteiger partial charge in [-0.15, -0.1) is 24.0 Å². The third kappa shape index (κ3) is 6.89. The van der Waals surface area contributed by atoms with E-state index < -0.39 is 0 Å². The Labute approximate surface area is 203 Å². The standard InChI is InChI=1S/C23H36N4O3.HI/c1-14(2)26-22(28)16-7-6-8-19(10-16)27-23(24-4)25-13-18-12-21-17(9-15(3)30-21)11-20(18)29-5;/h11-12,14-16,19H,6-10,13H2,1-5H3,(H,26,28)(H2,24,25,27);1H. The van der Waals surface area contributed by atoms with Gasteiger partial charge in [0.2, 0.25) is 5.91 Å². The zero-order valence-electron chi connectivity index (χ0n) is 19.3. The van der Waals surface area contributed by atoms with Gasteiger partial charge in [0.1, 0.15) is 17.6 Å². The molecule has 1 saturated carbocycles. The van der Waals surface area contributed by atoms with Crippen LogP contribution in [0, 0.1) is 5.92 Å². The lowest BCUT2D eigenvalue weighted by Gasteiger charge is -2.30. The van der Waals surface area contributed by atoms with Crippen LogP contribution in [0.3, 0.4) is 0 Å². The van der Waals surface area contributed by atoms with Crippen LogP contribution in [0.5, 0.6) is 11.5 Å². The zero-order chi connectivity index (χ0) is 21.7. The molecule has 2 aliphatic rings. The maximum absolute atomic E-state index is 12.4. The Kier molecular flexibility index (Phi) is 9.71. The second-order valence-electron chi connectivity index (χ2n) is 8.70. The molecule has 7 nitrogen and oxygen atoms in total. The summed E-state index contributed by atoms with van der Waals surface area (Å²) in [6.07, 6.45) is 4.98. The van der Waals surface area contributed by atoms with Crippen LogP contribution in [-0.2, 0) is 17.8 Å². The van der Waals surface area contributed by atoms with Gasteiger partial charge in [0, 0.05) is 49.1 Å². The van der Waals surface area contributed by atoms with Crippen LogP contribution < -0.4 is 25.4 Å². The second-order valence-corrected chi connectivity index (χ2v) is 8.70. The van der Waals surface area contributed by atoms with Gasteiger partial charge in [-0.25, -0.2) is 0 Å². The molecule has 1 aliphatic heterocycles. The van der Waals surface area contributed by atoms with Crippen LogP contribution in [0.4, 0.5) is 0 Å². The number of hydrogen-bond donors (Lipinski definition) is 3. The number of nitrogens with one attached hydrogen (secondary N) is 3. The summed E-state index contributed by atoms with van der Waals surface area (Å²) < 4.78 is 11.5. The summed E-state index contributed by atoms with van der Waals surface area (Å²) in [5.74, 6) is 2.76. The number of fused-ring (bicyclic) bond motifs is 1. The van der Waals surface area contributed by atoms with E-state index in [2.05, 4.69) is 40.0 Å². The highest BCUT2D eigenvalue weighted by molar-refractivity contribution is 14.0. The first-order valence-corrected chi connectivity index (χ1v) is 11.0. The number of amides is 1. The van der Waals surface area contributed by atoms with E-state index in [1.165, 1.54) is 5.56 Å². The molecule has 8 heteroatoms. The van der Waals surface area contributed by atoms with Gasteiger partial charge in [0.25, 0.3) is 0 Å². The largest absolute Gasteiger partial charge is 0.496 e. The Bertz CT molecular complexity index is 784. The van der Waals surface area contributed by atoms with Crippen LogP contribution in [0.2, 0.25) is 0 Å². The maximum atomic E-state index is 12.4. The van der Waals surface area contributed by atoms with E-state index in [4.69, 9.17) is 9.47 Å². The lowest BCUT2D eigenvalue weighted by molar-refractivity contribution is -0.126. The number of rotatable bonds is 6. The van der Waals surface area contributed by atoms with Crippen molar-refractivity contribution in [2.45, 2.75) is 77.6 Å². The quantitative estimate of drug-likeness (QED) is 0.291. The number of carbonyl (C=O) groups is 1. The molecule has 1 aromatic carbocycles. The third-order valence-corrected chi connectivity index (χ3v) is 5.79. The average Bonchev–Trinajstić information content (AvgIpc) is 3.08. The lowest BCUT2D eigenvalue weighted by atomic mass is 9.85. The Morgan fingerprint density at radius 3 is 2.77 bits per heavy atom. The molecule has 0 saturated heterocycles. The van der Waals surface area contributed by atoms with Gasteiger partial charge in [0.15, 0.2) is 5.96 Å². The van der Waals surface area contributed by atoms with E-state index in [9.17, 15) is 4.79 Å². The van der Waals surface area contributed by atoms with Crippen molar-refractivity contribution in [3.8, 4) is 11.5 Å². The fourth-order valence-corrected chi connectivity index (χ4v) is 4.34. The zero-order valence-corrected chi connectivity index (χ0v) is 21.6. The molecule has 1 amide bonds. The number of methoxy groups -OCH3 is 1. The van der Waals surface area contributed by atoms with Crippen molar-refractivity contribution in [1.82, 2.24) is 16.0 Å². The first-order chi connectivity index (χ1) is 14.4. The molecule has 0 radical (unpaired) electrons. The normalized spacial score (nSPS) is 22.8. The predicted molar refractivity (Wildman–Crippen MR) is 135 cm³/mol. The molecule has 3 N–H and O–H groups in total. The summed E-state index contributed by atoms with van der Waals surface area (Å²) in [6, 6.07) is 4.55. The first-order valence-electron chi connectivity index (χ1n) is 11.0. The Morgan fingerprint density at radius 1 is 1.32 bits per heavy atom. The van der Waals surface area contributed by atoms with Crippen molar-refractivity contribution in [2.24, 2.45) is 10.9 Å². The smallest absolute Gasteiger partial charge is 0.223 e. The van der Waals surface area contributed by atoms with Crippen LogP contribution in [0.1, 0.15) is 57.6 Å². The van der Waals surface area contributed by atoms with Crippen LogP contribution in [0.15, 0.2) is 17.1 Å². The summed E-state index contributed by atoms with van der Waals surface area (Å²) in [5.41, 5.74) is 2.23. The Balaban J connectivity index is 0.00000341. The molecular formula is C23H37IN4O3. The van der Waals surface area contributed by atoms with Crippen LogP contribution in [0.25, 0.3) is 0 Å². The van der Waals surface area contributed by atoms with Crippen molar-refractivity contribution in [3.63, 3.8) is 0 Å². The van der Waals surface area contributed by atoms with Gasteiger partial charge in [-0.3, -0.25) is 9.79 Å². The van der Waals surface area contributed by atoms with Crippen molar-refractivity contribution in [2.75, 3.05) is 14.2 Å². The lowest BCUT2D eigenvalue weighted by Crippen LogP contribution is -2.47. The summed E-state index contributed by atoms with van der Waals surface area (Å²) in [5, 5.41) is 9.93. The molecule has 31 heavy (non-hydrogen) atoms. The van der Waals surface area contributed by atoms with Crippen molar-refractivity contribution >= 4 is 35.8 Å². The van der Waals surface area contributed by atoms with Crippen LogP contribution >= 0.6 is 24.0 Å². The maximum Gasteiger partial charge on any atom is 0.223 e. The van der Waals surface area contributed by atoms with Crippen molar-refractivity contribution in [1.29, 1.82) is 0 Å². The van der Waals surface area contributed by atoms with Gasteiger partial charge in [-0.05, 0) is 52.2 Å². The van der Waals surface area contributed by atoms with Crippen molar-refractivity contribution < 1.29 is 14.3 Å².